The molecule has 0 spiro atoms. The Morgan fingerprint density at radius 3 is 2.67 bits per heavy atom. The zero-order valence-corrected chi connectivity index (χ0v) is 16.4. The molecule has 27 heavy (non-hydrogen) atoms. The van der Waals surface area contributed by atoms with Crippen molar-refractivity contribution < 1.29 is 8.98 Å². The molecule has 136 valence electrons. The second kappa shape index (κ2) is 6.15. The third kappa shape index (κ3) is 2.71. The number of carbonyl (C=O) groups is 1. The number of benzene rings is 2. The largest absolute Gasteiger partial charge is 0.409 e. The van der Waals surface area contributed by atoms with Crippen LogP contribution in [0.2, 0.25) is 0 Å². The molecule has 0 bridgehead atoms. The van der Waals surface area contributed by atoms with E-state index >= 15 is 0 Å². The van der Waals surface area contributed by atoms with Crippen molar-refractivity contribution in [3.8, 4) is 11.8 Å². The lowest BCUT2D eigenvalue weighted by Gasteiger charge is -2.32. The van der Waals surface area contributed by atoms with Gasteiger partial charge in [0, 0.05) is 41.7 Å². The van der Waals surface area contributed by atoms with Crippen LogP contribution < -0.4 is 4.18 Å². The van der Waals surface area contributed by atoms with Gasteiger partial charge in [-0.15, -0.1) is 0 Å². The van der Waals surface area contributed by atoms with E-state index in [2.05, 4.69) is 24.9 Å². The highest BCUT2D eigenvalue weighted by Crippen LogP contribution is 2.44. The number of H-pyrrole nitrogens is 1. The van der Waals surface area contributed by atoms with Crippen LogP contribution in [0.5, 0.6) is 5.75 Å². The number of aromatic amines is 1. The lowest BCUT2D eigenvalue weighted by molar-refractivity contribution is 0.103. The number of nitrogens with one attached hydrogen (secondary N) is 1. The molecule has 0 radical (unpaired) electrons. The van der Waals surface area contributed by atoms with Crippen LogP contribution in [0.4, 0.5) is 0 Å². The summed E-state index contributed by atoms with van der Waals surface area (Å²) in [5.41, 5.74) is 4.19. The molecule has 1 heterocycles. The van der Waals surface area contributed by atoms with Crippen LogP contribution in [-0.2, 0) is 5.41 Å². The summed E-state index contributed by atoms with van der Waals surface area (Å²) in [6.07, 6.45) is 0. The molecule has 0 unspecified atom stereocenters. The van der Waals surface area contributed by atoms with Gasteiger partial charge in [-0.25, -0.2) is 4.31 Å². The molecule has 6 heteroatoms. The zero-order chi connectivity index (χ0) is 19.3. The topological polar surface area (TPSA) is 69.1 Å². The van der Waals surface area contributed by atoms with Gasteiger partial charge < -0.3 is 9.17 Å². The van der Waals surface area contributed by atoms with Gasteiger partial charge in [-0.05, 0) is 35.9 Å². The molecule has 0 fully saturated rings. The first-order chi connectivity index (χ1) is 12.8. The van der Waals surface area contributed by atoms with Crippen molar-refractivity contribution in [2.75, 3.05) is 14.1 Å². The first-order valence-corrected chi connectivity index (χ1v) is 9.30. The van der Waals surface area contributed by atoms with Crippen LogP contribution >= 0.6 is 12.2 Å². The number of hydrogen-bond donors (Lipinski definition) is 1. The summed E-state index contributed by atoms with van der Waals surface area (Å²) in [7, 11) is 3.81. The molecule has 5 nitrogen and oxygen atoms in total. The van der Waals surface area contributed by atoms with Gasteiger partial charge in [0.2, 0.25) is 0 Å². The number of nitriles is 1. The molecular formula is C21H19N3O2S. The Balaban J connectivity index is 1.89. The second-order valence-electron chi connectivity index (χ2n) is 7.38. The number of rotatable bonds is 3. The van der Waals surface area contributed by atoms with Gasteiger partial charge in [0.25, 0.3) is 0 Å². The summed E-state index contributed by atoms with van der Waals surface area (Å²) >= 11 is 1.24. The maximum absolute atomic E-state index is 13.3. The van der Waals surface area contributed by atoms with Crippen LogP contribution in [0.3, 0.4) is 0 Å². The maximum atomic E-state index is 13.3. The Morgan fingerprint density at radius 1 is 1.19 bits per heavy atom. The van der Waals surface area contributed by atoms with Crippen molar-refractivity contribution in [3.63, 3.8) is 0 Å². The smallest absolute Gasteiger partial charge is 0.195 e. The first-order valence-electron chi connectivity index (χ1n) is 8.60. The highest BCUT2D eigenvalue weighted by Gasteiger charge is 2.39. The van der Waals surface area contributed by atoms with E-state index in [0.717, 1.165) is 22.2 Å². The minimum atomic E-state index is -0.396. The normalized spacial score (nSPS) is 14.7. The molecule has 1 aromatic heterocycles. The third-order valence-electron chi connectivity index (χ3n) is 4.97. The van der Waals surface area contributed by atoms with Gasteiger partial charge in [0.05, 0.1) is 17.2 Å². The Hall–Kier alpha value is -2.75. The van der Waals surface area contributed by atoms with Crippen LogP contribution in [0.25, 0.3) is 10.9 Å². The average Bonchev–Trinajstić information content (AvgIpc) is 3.04. The molecule has 2 aromatic carbocycles. The number of fused-ring (bicyclic) bond motifs is 4. The number of carbonyl (C=O) groups excluding carboxylic acids is 1. The third-order valence-corrected chi connectivity index (χ3v) is 5.54. The minimum Gasteiger partial charge on any atom is -0.409 e. The highest BCUT2D eigenvalue weighted by atomic mass is 32.2. The van der Waals surface area contributed by atoms with Crippen molar-refractivity contribution in [2.24, 2.45) is 0 Å². The summed E-state index contributed by atoms with van der Waals surface area (Å²) in [5.74, 6) is 0.710. The van der Waals surface area contributed by atoms with E-state index in [0.29, 0.717) is 22.4 Å². The van der Waals surface area contributed by atoms with Crippen LogP contribution in [0, 0.1) is 11.3 Å². The van der Waals surface area contributed by atoms with Gasteiger partial charge in [0.1, 0.15) is 18.0 Å². The quantitative estimate of drug-likeness (QED) is 0.541. The molecule has 0 saturated carbocycles. The van der Waals surface area contributed by atoms with E-state index in [1.165, 1.54) is 12.2 Å². The summed E-state index contributed by atoms with van der Waals surface area (Å²) < 4.78 is 7.58. The summed E-state index contributed by atoms with van der Waals surface area (Å²) in [4.78, 5) is 16.7. The molecule has 0 saturated heterocycles. The summed E-state index contributed by atoms with van der Waals surface area (Å²) in [5, 5.41) is 10.0. The Labute approximate surface area is 162 Å². The van der Waals surface area contributed by atoms with Crippen molar-refractivity contribution >= 4 is 28.9 Å². The fraction of sp³-hybridized carbons (Fsp3) is 0.238. The van der Waals surface area contributed by atoms with Gasteiger partial charge in [0.15, 0.2) is 5.78 Å². The standard InChI is InChI=1S/C21H19N3O2S/c1-21(2)16-10-13(26-27-24(3)4)6-8-14(16)19(25)18-15-7-5-12(11-22)9-17(15)23-20(18)21/h5-10,23H,1-4H3. The molecule has 0 amide bonds. The average molecular weight is 377 g/mol. The maximum Gasteiger partial charge on any atom is 0.195 e. The number of nitrogens with zero attached hydrogens (tertiary/aromatic N) is 2. The van der Waals surface area contributed by atoms with Crippen LogP contribution in [-0.4, -0.2) is 29.2 Å². The molecule has 0 atom stereocenters. The van der Waals surface area contributed by atoms with Gasteiger partial charge >= 0.3 is 0 Å². The van der Waals surface area contributed by atoms with E-state index in [1.807, 2.05) is 42.7 Å². The van der Waals surface area contributed by atoms with Crippen molar-refractivity contribution in [1.82, 2.24) is 9.29 Å². The number of hydrogen-bond acceptors (Lipinski definition) is 5. The van der Waals surface area contributed by atoms with Gasteiger partial charge in [-0.1, -0.05) is 19.9 Å². The van der Waals surface area contributed by atoms with Crippen molar-refractivity contribution in [1.29, 1.82) is 5.26 Å². The summed E-state index contributed by atoms with van der Waals surface area (Å²) in [6.45, 7) is 4.20. The monoisotopic (exact) mass is 377 g/mol. The molecule has 0 aliphatic heterocycles. The highest BCUT2D eigenvalue weighted by molar-refractivity contribution is 7.92. The predicted molar refractivity (Wildman–Crippen MR) is 107 cm³/mol. The lowest BCUT2D eigenvalue weighted by atomic mass is 9.71. The van der Waals surface area contributed by atoms with Crippen molar-refractivity contribution in [2.45, 2.75) is 19.3 Å². The van der Waals surface area contributed by atoms with E-state index in [9.17, 15) is 4.79 Å². The molecule has 1 aliphatic carbocycles. The second-order valence-corrected chi connectivity index (χ2v) is 8.42. The fourth-order valence-electron chi connectivity index (χ4n) is 3.65. The predicted octanol–water partition coefficient (Wildman–Crippen LogP) is 4.41. The number of aromatic nitrogens is 1. The van der Waals surface area contributed by atoms with Gasteiger partial charge in [-0.2, -0.15) is 5.26 Å². The van der Waals surface area contributed by atoms with E-state index < -0.39 is 5.41 Å². The van der Waals surface area contributed by atoms with E-state index in [-0.39, 0.29) is 5.78 Å². The Kier molecular flexibility index (Phi) is 4.02. The zero-order valence-electron chi connectivity index (χ0n) is 15.6. The van der Waals surface area contributed by atoms with E-state index in [1.54, 1.807) is 12.1 Å². The molecule has 3 aromatic rings. The Morgan fingerprint density at radius 2 is 1.96 bits per heavy atom. The molecule has 4 rings (SSSR count). The fourth-order valence-corrected chi connectivity index (χ4v) is 3.99. The molecular weight excluding hydrogens is 358 g/mol. The SMILES string of the molecule is CN(C)SOc1ccc2c(c1)C(C)(C)c1[nH]c3cc(C#N)ccc3c1C2=O. The minimum absolute atomic E-state index is 0.00194. The lowest BCUT2D eigenvalue weighted by Crippen LogP contribution is -2.30. The first kappa shape index (κ1) is 17.7. The van der Waals surface area contributed by atoms with Crippen LogP contribution in [0.1, 0.15) is 46.6 Å². The van der Waals surface area contributed by atoms with Crippen LogP contribution in [0.15, 0.2) is 36.4 Å². The number of ketones is 1. The summed E-state index contributed by atoms with van der Waals surface area (Å²) in [6, 6.07) is 13.2. The van der Waals surface area contributed by atoms with Crippen molar-refractivity contribution in [3.05, 3.63) is 64.3 Å². The van der Waals surface area contributed by atoms with Gasteiger partial charge in [-0.3, -0.25) is 4.79 Å². The molecule has 1 N–H and O–H groups in total. The molecule has 1 aliphatic rings. The van der Waals surface area contributed by atoms with E-state index in [4.69, 9.17) is 9.44 Å². The Bertz CT molecular complexity index is 1120.